The SMILES string of the molecule is Cc1ccc2sc([C@H](C)N)cc2c1. The average Bonchev–Trinajstić information content (AvgIpc) is 2.46. The van der Waals surface area contributed by atoms with E-state index >= 15 is 0 Å². The molecule has 1 aromatic carbocycles. The van der Waals surface area contributed by atoms with Crippen molar-refractivity contribution in [2.75, 3.05) is 0 Å². The third kappa shape index (κ3) is 1.60. The molecule has 2 heteroatoms. The van der Waals surface area contributed by atoms with Gasteiger partial charge >= 0.3 is 0 Å². The smallest absolute Gasteiger partial charge is 0.0361 e. The molecule has 2 rings (SSSR count). The Kier molecular flexibility index (Phi) is 2.10. The van der Waals surface area contributed by atoms with Crippen molar-refractivity contribution < 1.29 is 0 Å². The highest BCUT2D eigenvalue weighted by Crippen LogP contribution is 2.29. The fourth-order valence-corrected chi connectivity index (χ4v) is 2.41. The van der Waals surface area contributed by atoms with Crippen LogP contribution in [-0.2, 0) is 0 Å². The van der Waals surface area contributed by atoms with Crippen LogP contribution in [0.4, 0.5) is 0 Å². The van der Waals surface area contributed by atoms with E-state index in [1.165, 1.54) is 20.5 Å². The summed E-state index contributed by atoms with van der Waals surface area (Å²) in [6.45, 7) is 4.14. The third-order valence-corrected chi connectivity index (χ3v) is 3.46. The number of benzene rings is 1. The zero-order chi connectivity index (χ0) is 9.42. The molecule has 2 aromatic rings. The molecule has 0 radical (unpaired) electrons. The van der Waals surface area contributed by atoms with E-state index in [0.717, 1.165) is 0 Å². The van der Waals surface area contributed by atoms with E-state index in [-0.39, 0.29) is 6.04 Å². The molecule has 0 aliphatic heterocycles. The molecule has 13 heavy (non-hydrogen) atoms. The van der Waals surface area contributed by atoms with Crippen LogP contribution in [0.15, 0.2) is 24.3 Å². The lowest BCUT2D eigenvalue weighted by Gasteiger charge is -1.96. The minimum Gasteiger partial charge on any atom is -0.324 e. The van der Waals surface area contributed by atoms with Crippen molar-refractivity contribution >= 4 is 21.4 Å². The Morgan fingerprint density at radius 2 is 2.08 bits per heavy atom. The Morgan fingerprint density at radius 1 is 1.31 bits per heavy atom. The van der Waals surface area contributed by atoms with Crippen LogP contribution in [0.2, 0.25) is 0 Å². The highest BCUT2D eigenvalue weighted by Gasteiger charge is 2.04. The topological polar surface area (TPSA) is 26.0 Å². The molecular weight excluding hydrogens is 178 g/mol. The van der Waals surface area contributed by atoms with E-state index in [9.17, 15) is 0 Å². The number of aryl methyl sites for hydroxylation is 1. The molecule has 0 fully saturated rings. The highest BCUT2D eigenvalue weighted by atomic mass is 32.1. The van der Waals surface area contributed by atoms with Crippen molar-refractivity contribution in [3.8, 4) is 0 Å². The molecule has 1 nitrogen and oxygen atoms in total. The number of nitrogens with two attached hydrogens (primary N) is 1. The predicted octanol–water partition coefficient (Wildman–Crippen LogP) is 3.23. The van der Waals surface area contributed by atoms with E-state index in [1.807, 2.05) is 6.92 Å². The highest BCUT2D eigenvalue weighted by molar-refractivity contribution is 7.19. The molecular formula is C11H13NS. The maximum absolute atomic E-state index is 5.83. The molecule has 2 N–H and O–H groups in total. The standard InChI is InChI=1S/C11H13NS/c1-7-3-4-10-9(5-7)6-11(13-10)8(2)12/h3-6,8H,12H2,1-2H3/t8-/m0/s1. The van der Waals surface area contributed by atoms with Crippen molar-refractivity contribution in [2.45, 2.75) is 19.9 Å². The third-order valence-electron chi connectivity index (χ3n) is 2.14. The summed E-state index contributed by atoms with van der Waals surface area (Å²) >= 11 is 1.79. The fraction of sp³-hybridized carbons (Fsp3) is 0.273. The maximum Gasteiger partial charge on any atom is 0.0361 e. The average molecular weight is 191 g/mol. The molecule has 1 heterocycles. The van der Waals surface area contributed by atoms with Crippen molar-refractivity contribution in [3.63, 3.8) is 0 Å². The normalized spacial score (nSPS) is 13.5. The van der Waals surface area contributed by atoms with Gasteiger partial charge in [0.25, 0.3) is 0 Å². The number of hydrogen-bond donors (Lipinski definition) is 1. The van der Waals surface area contributed by atoms with Crippen LogP contribution in [0.25, 0.3) is 10.1 Å². The predicted molar refractivity (Wildman–Crippen MR) is 59.2 cm³/mol. The first-order valence-corrected chi connectivity index (χ1v) is 5.24. The van der Waals surface area contributed by atoms with E-state index in [0.29, 0.717) is 0 Å². The van der Waals surface area contributed by atoms with E-state index < -0.39 is 0 Å². The van der Waals surface area contributed by atoms with Crippen LogP contribution in [0.1, 0.15) is 23.4 Å². The van der Waals surface area contributed by atoms with E-state index in [2.05, 4.69) is 31.2 Å². The lowest BCUT2D eigenvalue weighted by molar-refractivity contribution is 0.839. The maximum atomic E-state index is 5.83. The molecule has 1 atom stereocenters. The summed E-state index contributed by atoms with van der Waals surface area (Å²) in [7, 11) is 0. The van der Waals surface area contributed by atoms with Gasteiger partial charge in [0, 0.05) is 15.6 Å². The van der Waals surface area contributed by atoms with Gasteiger partial charge in [0.1, 0.15) is 0 Å². The Hall–Kier alpha value is -0.860. The molecule has 0 unspecified atom stereocenters. The Labute approximate surface area is 82.2 Å². The Morgan fingerprint density at radius 3 is 2.77 bits per heavy atom. The summed E-state index contributed by atoms with van der Waals surface area (Å²) in [5, 5.41) is 1.32. The van der Waals surface area contributed by atoms with Gasteiger partial charge in [-0.05, 0) is 31.4 Å². The Bertz CT molecular complexity index is 429. The quantitative estimate of drug-likeness (QED) is 0.735. The summed E-state index contributed by atoms with van der Waals surface area (Å²) in [6, 6.07) is 8.86. The van der Waals surface area contributed by atoms with Crippen LogP contribution in [0, 0.1) is 6.92 Å². The van der Waals surface area contributed by atoms with Gasteiger partial charge in [0.15, 0.2) is 0 Å². The molecule has 68 valence electrons. The largest absolute Gasteiger partial charge is 0.324 e. The van der Waals surface area contributed by atoms with Gasteiger partial charge in [-0.3, -0.25) is 0 Å². The van der Waals surface area contributed by atoms with Gasteiger partial charge < -0.3 is 5.73 Å². The first kappa shape index (κ1) is 8.73. The summed E-state index contributed by atoms with van der Waals surface area (Å²) in [6.07, 6.45) is 0. The first-order valence-electron chi connectivity index (χ1n) is 4.42. The molecule has 0 aliphatic rings. The lowest BCUT2D eigenvalue weighted by Crippen LogP contribution is -2.01. The van der Waals surface area contributed by atoms with E-state index in [4.69, 9.17) is 5.73 Å². The molecule has 0 bridgehead atoms. The van der Waals surface area contributed by atoms with Gasteiger partial charge in [-0.2, -0.15) is 0 Å². The van der Waals surface area contributed by atoms with Crippen LogP contribution in [0.5, 0.6) is 0 Å². The zero-order valence-electron chi connectivity index (χ0n) is 7.87. The summed E-state index contributed by atoms with van der Waals surface area (Å²) in [5.41, 5.74) is 7.13. The number of thiophene rings is 1. The summed E-state index contributed by atoms with van der Waals surface area (Å²) < 4.78 is 1.33. The lowest BCUT2D eigenvalue weighted by atomic mass is 10.2. The van der Waals surface area contributed by atoms with Crippen LogP contribution in [-0.4, -0.2) is 0 Å². The fourth-order valence-electron chi connectivity index (χ4n) is 1.41. The van der Waals surface area contributed by atoms with Gasteiger partial charge in [0.2, 0.25) is 0 Å². The van der Waals surface area contributed by atoms with Gasteiger partial charge in [0.05, 0.1) is 0 Å². The second-order valence-corrected chi connectivity index (χ2v) is 4.59. The number of rotatable bonds is 1. The van der Waals surface area contributed by atoms with Gasteiger partial charge in [-0.25, -0.2) is 0 Å². The second kappa shape index (κ2) is 3.13. The molecule has 0 spiro atoms. The van der Waals surface area contributed by atoms with E-state index in [1.54, 1.807) is 11.3 Å². The van der Waals surface area contributed by atoms with Crippen molar-refractivity contribution in [3.05, 3.63) is 34.7 Å². The molecule has 0 saturated heterocycles. The van der Waals surface area contributed by atoms with Crippen LogP contribution < -0.4 is 5.73 Å². The monoisotopic (exact) mass is 191 g/mol. The van der Waals surface area contributed by atoms with Crippen molar-refractivity contribution in [2.24, 2.45) is 5.73 Å². The summed E-state index contributed by atoms with van der Waals surface area (Å²) in [5.74, 6) is 0. The van der Waals surface area contributed by atoms with Crippen molar-refractivity contribution in [1.82, 2.24) is 0 Å². The molecule has 0 aliphatic carbocycles. The van der Waals surface area contributed by atoms with Crippen LogP contribution in [0.3, 0.4) is 0 Å². The molecule has 0 saturated carbocycles. The summed E-state index contributed by atoms with van der Waals surface area (Å²) in [4.78, 5) is 1.26. The van der Waals surface area contributed by atoms with Gasteiger partial charge in [-0.1, -0.05) is 17.7 Å². The Balaban J connectivity index is 2.62. The zero-order valence-corrected chi connectivity index (χ0v) is 8.69. The van der Waals surface area contributed by atoms with Crippen LogP contribution >= 0.6 is 11.3 Å². The first-order chi connectivity index (χ1) is 6.16. The molecule has 0 amide bonds. The van der Waals surface area contributed by atoms with Gasteiger partial charge in [-0.15, -0.1) is 11.3 Å². The minimum atomic E-state index is 0.151. The molecule has 1 aromatic heterocycles. The minimum absolute atomic E-state index is 0.151. The number of fused-ring (bicyclic) bond motifs is 1. The van der Waals surface area contributed by atoms with Crippen molar-refractivity contribution in [1.29, 1.82) is 0 Å². The second-order valence-electron chi connectivity index (χ2n) is 3.48. The number of hydrogen-bond acceptors (Lipinski definition) is 2.